The molecule has 1 rings (SSSR count). The maximum Gasteiger partial charge on any atom is 0.246 e. The van der Waals surface area contributed by atoms with Crippen LogP contribution >= 0.6 is 0 Å². The van der Waals surface area contributed by atoms with Crippen molar-refractivity contribution < 1.29 is 9.53 Å². The van der Waals surface area contributed by atoms with Gasteiger partial charge in [0.25, 0.3) is 0 Å². The average molecular weight is 209 g/mol. The molecule has 0 spiro atoms. The average Bonchev–Trinajstić information content (AvgIpc) is 2.28. The van der Waals surface area contributed by atoms with Crippen molar-refractivity contribution in [2.24, 2.45) is 0 Å². The molecule has 82 valence electrons. The van der Waals surface area contributed by atoms with E-state index in [1.54, 1.807) is 12.4 Å². The summed E-state index contributed by atoms with van der Waals surface area (Å²) in [5, 5.41) is 2.75. The van der Waals surface area contributed by atoms with Gasteiger partial charge in [-0.3, -0.25) is 4.79 Å². The zero-order valence-corrected chi connectivity index (χ0v) is 8.77. The van der Waals surface area contributed by atoms with Crippen molar-refractivity contribution in [3.63, 3.8) is 0 Å². The molecule has 0 aliphatic rings. The number of hydrogen-bond acceptors (Lipinski definition) is 4. The van der Waals surface area contributed by atoms with Crippen molar-refractivity contribution in [3.05, 3.63) is 24.3 Å². The minimum atomic E-state index is -0.0892. The van der Waals surface area contributed by atoms with Gasteiger partial charge in [0.2, 0.25) is 5.91 Å². The number of carbonyl (C=O) groups excluding carboxylic acids is 1. The van der Waals surface area contributed by atoms with Crippen molar-refractivity contribution in [1.29, 1.82) is 0 Å². The van der Waals surface area contributed by atoms with Crippen molar-refractivity contribution >= 4 is 5.91 Å². The summed E-state index contributed by atoms with van der Waals surface area (Å²) in [4.78, 5) is 18.9. The largest absolute Gasteiger partial charge is 0.372 e. The standard InChI is InChI=1S/C10H15N3O2/c1-2-15-7-10(14)13-4-3-9-5-11-8-12-6-9/h5-6,8H,2-4,7H2,1H3,(H,13,14). The first-order valence-electron chi connectivity index (χ1n) is 4.91. The van der Waals surface area contributed by atoms with Crippen LogP contribution in [0.3, 0.4) is 0 Å². The second kappa shape index (κ2) is 6.89. The summed E-state index contributed by atoms with van der Waals surface area (Å²) < 4.78 is 4.96. The van der Waals surface area contributed by atoms with E-state index in [1.807, 2.05) is 6.92 Å². The number of nitrogens with zero attached hydrogens (tertiary/aromatic N) is 2. The molecule has 0 aliphatic carbocycles. The molecular formula is C10H15N3O2. The zero-order chi connectivity index (χ0) is 10.9. The van der Waals surface area contributed by atoms with Gasteiger partial charge in [-0.25, -0.2) is 9.97 Å². The predicted molar refractivity (Wildman–Crippen MR) is 55.2 cm³/mol. The minimum Gasteiger partial charge on any atom is -0.372 e. The first kappa shape index (κ1) is 11.6. The van der Waals surface area contributed by atoms with Gasteiger partial charge in [0.15, 0.2) is 0 Å². The summed E-state index contributed by atoms with van der Waals surface area (Å²) in [6.45, 7) is 3.12. The Hall–Kier alpha value is -1.49. The quantitative estimate of drug-likeness (QED) is 0.725. The molecule has 1 aromatic heterocycles. The number of ether oxygens (including phenoxy) is 1. The molecule has 0 saturated carbocycles. The van der Waals surface area contributed by atoms with Gasteiger partial charge in [-0.15, -0.1) is 0 Å². The third kappa shape index (κ3) is 5.07. The maximum atomic E-state index is 11.1. The lowest BCUT2D eigenvalue weighted by Gasteiger charge is -2.04. The Kier molecular flexibility index (Phi) is 5.32. The lowest BCUT2D eigenvalue weighted by atomic mass is 10.2. The fourth-order valence-corrected chi connectivity index (χ4v) is 1.05. The molecule has 1 amide bonds. The first-order valence-corrected chi connectivity index (χ1v) is 4.91. The number of carbonyl (C=O) groups is 1. The Labute approximate surface area is 88.9 Å². The second-order valence-electron chi connectivity index (χ2n) is 2.98. The van der Waals surface area contributed by atoms with E-state index < -0.39 is 0 Å². The van der Waals surface area contributed by atoms with Crippen LogP contribution in [0, 0.1) is 0 Å². The van der Waals surface area contributed by atoms with Crippen molar-refractivity contribution in [1.82, 2.24) is 15.3 Å². The third-order valence-electron chi connectivity index (χ3n) is 1.79. The molecule has 1 heterocycles. The molecule has 0 aliphatic heterocycles. The molecule has 0 fully saturated rings. The molecule has 0 bridgehead atoms. The summed E-state index contributed by atoms with van der Waals surface area (Å²) in [5.74, 6) is -0.0892. The van der Waals surface area contributed by atoms with E-state index in [4.69, 9.17) is 4.74 Å². The van der Waals surface area contributed by atoms with Gasteiger partial charge in [-0.1, -0.05) is 0 Å². The molecule has 15 heavy (non-hydrogen) atoms. The molecule has 1 aromatic rings. The highest BCUT2D eigenvalue weighted by Gasteiger charge is 1.99. The molecule has 0 radical (unpaired) electrons. The second-order valence-corrected chi connectivity index (χ2v) is 2.98. The van der Waals surface area contributed by atoms with Crippen LogP contribution in [0.2, 0.25) is 0 Å². The fraction of sp³-hybridized carbons (Fsp3) is 0.500. The van der Waals surface area contributed by atoms with Gasteiger partial charge in [0.1, 0.15) is 12.9 Å². The van der Waals surface area contributed by atoms with Crippen molar-refractivity contribution in [2.75, 3.05) is 19.8 Å². The van der Waals surface area contributed by atoms with Crippen LogP contribution in [0.25, 0.3) is 0 Å². The highest BCUT2D eigenvalue weighted by molar-refractivity contribution is 5.77. The van der Waals surface area contributed by atoms with Crippen molar-refractivity contribution in [3.8, 4) is 0 Å². The molecule has 5 nitrogen and oxygen atoms in total. The van der Waals surface area contributed by atoms with Crippen LogP contribution in [-0.4, -0.2) is 35.6 Å². The van der Waals surface area contributed by atoms with E-state index in [0.717, 1.165) is 12.0 Å². The number of aromatic nitrogens is 2. The Morgan fingerprint density at radius 3 is 2.87 bits per heavy atom. The number of hydrogen-bond donors (Lipinski definition) is 1. The Morgan fingerprint density at radius 2 is 2.20 bits per heavy atom. The van der Waals surface area contributed by atoms with E-state index in [2.05, 4.69) is 15.3 Å². The van der Waals surface area contributed by atoms with Gasteiger partial charge in [-0.2, -0.15) is 0 Å². The van der Waals surface area contributed by atoms with Crippen LogP contribution in [0.15, 0.2) is 18.7 Å². The topological polar surface area (TPSA) is 64.1 Å². The van der Waals surface area contributed by atoms with Crippen LogP contribution in [0.4, 0.5) is 0 Å². The summed E-state index contributed by atoms with van der Waals surface area (Å²) in [6, 6.07) is 0. The SMILES string of the molecule is CCOCC(=O)NCCc1cncnc1. The smallest absolute Gasteiger partial charge is 0.246 e. The van der Waals surface area contributed by atoms with Crippen LogP contribution in [-0.2, 0) is 16.0 Å². The molecule has 0 atom stereocenters. The molecule has 0 unspecified atom stereocenters. The highest BCUT2D eigenvalue weighted by Crippen LogP contribution is 1.92. The predicted octanol–water partition coefficient (Wildman–Crippen LogP) is 0.172. The fourth-order valence-electron chi connectivity index (χ4n) is 1.05. The minimum absolute atomic E-state index is 0.0892. The van der Waals surface area contributed by atoms with E-state index >= 15 is 0 Å². The number of rotatable bonds is 6. The van der Waals surface area contributed by atoms with Gasteiger partial charge < -0.3 is 10.1 Å². The molecule has 5 heteroatoms. The number of amides is 1. The third-order valence-corrected chi connectivity index (χ3v) is 1.79. The number of nitrogens with one attached hydrogen (secondary N) is 1. The monoisotopic (exact) mass is 209 g/mol. The molecular weight excluding hydrogens is 194 g/mol. The lowest BCUT2D eigenvalue weighted by molar-refractivity contribution is -0.125. The Balaban J connectivity index is 2.14. The Morgan fingerprint density at radius 1 is 1.47 bits per heavy atom. The van der Waals surface area contributed by atoms with Gasteiger partial charge >= 0.3 is 0 Å². The van der Waals surface area contributed by atoms with Gasteiger partial charge in [-0.05, 0) is 18.9 Å². The summed E-state index contributed by atoms with van der Waals surface area (Å²) in [6.07, 6.45) is 5.69. The van der Waals surface area contributed by atoms with Crippen molar-refractivity contribution in [2.45, 2.75) is 13.3 Å². The highest BCUT2D eigenvalue weighted by atomic mass is 16.5. The zero-order valence-electron chi connectivity index (χ0n) is 8.77. The summed E-state index contributed by atoms with van der Waals surface area (Å²) in [7, 11) is 0. The van der Waals surface area contributed by atoms with Crippen LogP contribution in [0.5, 0.6) is 0 Å². The van der Waals surface area contributed by atoms with E-state index in [9.17, 15) is 4.79 Å². The maximum absolute atomic E-state index is 11.1. The van der Waals surface area contributed by atoms with E-state index in [0.29, 0.717) is 13.2 Å². The van der Waals surface area contributed by atoms with E-state index in [1.165, 1.54) is 6.33 Å². The molecule has 0 saturated heterocycles. The van der Waals surface area contributed by atoms with Gasteiger partial charge in [0.05, 0.1) is 0 Å². The Bertz CT molecular complexity index is 290. The molecule has 1 N–H and O–H groups in total. The molecule has 0 aromatic carbocycles. The summed E-state index contributed by atoms with van der Waals surface area (Å²) in [5.41, 5.74) is 1.01. The first-order chi connectivity index (χ1) is 7.33. The lowest BCUT2D eigenvalue weighted by Crippen LogP contribution is -2.29. The van der Waals surface area contributed by atoms with Crippen LogP contribution in [0.1, 0.15) is 12.5 Å². The van der Waals surface area contributed by atoms with E-state index in [-0.39, 0.29) is 12.5 Å². The van der Waals surface area contributed by atoms with Crippen LogP contribution < -0.4 is 5.32 Å². The van der Waals surface area contributed by atoms with Gasteiger partial charge in [0, 0.05) is 25.5 Å². The summed E-state index contributed by atoms with van der Waals surface area (Å²) >= 11 is 0. The normalized spacial score (nSPS) is 9.93.